The topological polar surface area (TPSA) is 100 Å². The molecule has 3 N–H and O–H groups in total. The minimum absolute atomic E-state index is 0.00437. The van der Waals surface area contributed by atoms with E-state index in [0.29, 0.717) is 5.69 Å². The average molecular weight is 464 g/mol. The van der Waals surface area contributed by atoms with Crippen LogP contribution in [0.15, 0.2) is 65.6 Å². The smallest absolute Gasteiger partial charge is 0.303 e. The van der Waals surface area contributed by atoms with Crippen molar-refractivity contribution in [1.29, 1.82) is 0 Å². The molecule has 3 aromatic rings. The van der Waals surface area contributed by atoms with Crippen molar-refractivity contribution in [3.05, 3.63) is 71.9 Å². The zero-order chi connectivity index (χ0) is 23.4. The third-order valence-corrected chi connectivity index (χ3v) is 6.80. The van der Waals surface area contributed by atoms with E-state index < -0.39 is 11.2 Å². The van der Waals surface area contributed by atoms with Crippen LogP contribution in [0.5, 0.6) is 0 Å². The molecular weight excluding hydrogens is 438 g/mol. The third kappa shape index (κ3) is 5.28. The predicted octanol–water partition coefficient (Wildman–Crippen LogP) is 4.31. The molecule has 2 heterocycles. The Hall–Kier alpha value is -3.52. The Labute approximate surface area is 196 Å². The number of hydrogen-bond donors (Lipinski definition) is 3. The van der Waals surface area contributed by atoms with Crippen molar-refractivity contribution < 1.29 is 19.5 Å². The maximum atomic E-state index is 13.0. The minimum Gasteiger partial charge on any atom is -0.481 e. The van der Waals surface area contributed by atoms with Crippen LogP contribution in [-0.2, 0) is 27.2 Å². The van der Waals surface area contributed by atoms with E-state index in [2.05, 4.69) is 17.7 Å². The molecule has 170 valence electrons. The Bertz CT molecular complexity index is 1190. The van der Waals surface area contributed by atoms with Crippen molar-refractivity contribution >= 4 is 35.2 Å². The number of carbonyl (C=O) groups excluding carboxylic acids is 2. The summed E-state index contributed by atoms with van der Waals surface area (Å²) in [5.74, 6) is -1.43. The van der Waals surface area contributed by atoms with Crippen molar-refractivity contribution in [2.24, 2.45) is 0 Å². The third-order valence-electron chi connectivity index (χ3n) is 5.53. The highest BCUT2D eigenvalue weighted by Crippen LogP contribution is 2.36. The number of aliphatic carboxylic acids is 1. The first kappa shape index (κ1) is 22.7. The Morgan fingerprint density at radius 3 is 2.58 bits per heavy atom. The molecule has 0 saturated heterocycles. The van der Waals surface area contributed by atoms with Gasteiger partial charge in [0.2, 0.25) is 11.8 Å². The van der Waals surface area contributed by atoms with Crippen molar-refractivity contribution in [3.63, 3.8) is 0 Å². The van der Waals surface area contributed by atoms with Crippen molar-refractivity contribution in [3.8, 4) is 11.3 Å². The lowest BCUT2D eigenvalue weighted by Gasteiger charge is -2.24. The van der Waals surface area contributed by atoms with Crippen LogP contribution in [0.2, 0.25) is 0 Å². The Kier molecular flexibility index (Phi) is 6.84. The van der Waals surface area contributed by atoms with Crippen LogP contribution in [-0.4, -0.2) is 32.8 Å². The number of aromatic nitrogens is 1. The number of rotatable bonds is 8. The quantitative estimate of drug-likeness (QED) is 0.462. The van der Waals surface area contributed by atoms with Gasteiger partial charge in [0.15, 0.2) is 0 Å². The number of hydrogen-bond acceptors (Lipinski definition) is 4. The van der Waals surface area contributed by atoms with Gasteiger partial charge in [-0.1, -0.05) is 43.3 Å². The van der Waals surface area contributed by atoms with Crippen LogP contribution in [0.4, 0.5) is 5.69 Å². The Balaban J connectivity index is 1.55. The highest BCUT2D eigenvalue weighted by atomic mass is 32.2. The molecule has 7 nitrogen and oxygen atoms in total. The molecule has 0 bridgehead atoms. The molecule has 2 aromatic carbocycles. The second kappa shape index (κ2) is 9.95. The first-order chi connectivity index (χ1) is 15.9. The second-order valence-corrected chi connectivity index (χ2v) is 9.07. The molecule has 4 rings (SSSR count). The predicted molar refractivity (Wildman–Crippen MR) is 129 cm³/mol. The lowest BCUT2D eigenvalue weighted by atomic mass is 10.1. The van der Waals surface area contributed by atoms with Crippen LogP contribution in [0.25, 0.3) is 11.3 Å². The molecule has 0 aliphatic carbocycles. The van der Waals surface area contributed by atoms with Gasteiger partial charge in [-0.25, -0.2) is 0 Å². The molecular formula is C25H25N3O4S. The summed E-state index contributed by atoms with van der Waals surface area (Å²) < 4.78 is 1.64. The van der Waals surface area contributed by atoms with Gasteiger partial charge < -0.3 is 10.4 Å². The SMILES string of the molecule is CCc1ccc(-c2ccc(CCC(=O)O)n2NC(=O)C[C@@H]2Sc3ccccc3NC2=O)cc1. The van der Waals surface area contributed by atoms with E-state index in [1.54, 1.807) is 4.68 Å². The number of amides is 2. The zero-order valence-electron chi connectivity index (χ0n) is 18.2. The van der Waals surface area contributed by atoms with E-state index in [4.69, 9.17) is 5.11 Å². The van der Waals surface area contributed by atoms with Gasteiger partial charge in [0.1, 0.15) is 0 Å². The van der Waals surface area contributed by atoms with Gasteiger partial charge in [-0.05, 0) is 36.2 Å². The van der Waals surface area contributed by atoms with Gasteiger partial charge in [0.25, 0.3) is 0 Å². The fourth-order valence-electron chi connectivity index (χ4n) is 3.74. The fraction of sp³-hybridized carbons (Fsp3) is 0.240. The number of para-hydroxylation sites is 1. The number of benzene rings is 2. The van der Waals surface area contributed by atoms with Gasteiger partial charge in [-0.2, -0.15) is 0 Å². The Morgan fingerprint density at radius 1 is 1.09 bits per heavy atom. The van der Waals surface area contributed by atoms with Crippen LogP contribution in [0, 0.1) is 0 Å². The number of nitrogens with zero attached hydrogens (tertiary/aromatic N) is 1. The molecule has 8 heteroatoms. The molecule has 0 radical (unpaired) electrons. The van der Waals surface area contributed by atoms with E-state index in [9.17, 15) is 14.4 Å². The van der Waals surface area contributed by atoms with E-state index in [0.717, 1.165) is 28.3 Å². The van der Waals surface area contributed by atoms with E-state index in [-0.39, 0.29) is 31.1 Å². The summed E-state index contributed by atoms with van der Waals surface area (Å²) >= 11 is 1.37. The summed E-state index contributed by atoms with van der Waals surface area (Å²) in [5, 5.41) is 11.4. The second-order valence-electron chi connectivity index (χ2n) is 7.82. The summed E-state index contributed by atoms with van der Waals surface area (Å²) in [6.07, 6.45) is 1.14. The minimum atomic E-state index is -0.906. The molecule has 0 spiro atoms. The van der Waals surface area contributed by atoms with E-state index in [1.165, 1.54) is 17.3 Å². The summed E-state index contributed by atoms with van der Waals surface area (Å²) in [6, 6.07) is 19.2. The number of carboxylic acid groups (broad SMARTS) is 1. The number of thioether (sulfide) groups is 1. The lowest BCUT2D eigenvalue weighted by molar-refractivity contribution is -0.137. The molecule has 1 aliphatic heterocycles. The van der Waals surface area contributed by atoms with Crippen molar-refractivity contribution in [2.75, 3.05) is 10.7 Å². The van der Waals surface area contributed by atoms with Crippen LogP contribution >= 0.6 is 11.8 Å². The van der Waals surface area contributed by atoms with E-state index in [1.807, 2.05) is 60.7 Å². The first-order valence-corrected chi connectivity index (χ1v) is 11.7. The number of carbonyl (C=O) groups is 3. The van der Waals surface area contributed by atoms with Crippen molar-refractivity contribution in [2.45, 2.75) is 42.8 Å². The first-order valence-electron chi connectivity index (χ1n) is 10.8. The Morgan fingerprint density at radius 2 is 1.85 bits per heavy atom. The summed E-state index contributed by atoms with van der Waals surface area (Å²) in [4.78, 5) is 37.5. The van der Waals surface area contributed by atoms with Crippen LogP contribution < -0.4 is 10.7 Å². The monoisotopic (exact) mass is 463 g/mol. The molecule has 1 aromatic heterocycles. The van der Waals surface area contributed by atoms with Crippen molar-refractivity contribution in [1.82, 2.24) is 4.68 Å². The normalized spacial score (nSPS) is 14.9. The molecule has 1 aliphatic rings. The van der Waals surface area contributed by atoms with Crippen LogP contribution in [0.1, 0.15) is 31.0 Å². The molecule has 0 saturated carbocycles. The summed E-state index contributed by atoms with van der Waals surface area (Å²) in [7, 11) is 0. The molecule has 1 atom stereocenters. The zero-order valence-corrected chi connectivity index (χ0v) is 19.0. The average Bonchev–Trinajstić information content (AvgIpc) is 3.20. The molecule has 0 unspecified atom stereocenters. The molecule has 0 fully saturated rings. The van der Waals surface area contributed by atoms with Gasteiger partial charge in [-0.3, -0.25) is 24.5 Å². The number of nitrogens with one attached hydrogen (secondary N) is 2. The summed E-state index contributed by atoms with van der Waals surface area (Å²) in [6.45, 7) is 2.08. The maximum absolute atomic E-state index is 13.0. The summed E-state index contributed by atoms with van der Waals surface area (Å²) in [5.41, 5.74) is 7.21. The lowest BCUT2D eigenvalue weighted by Crippen LogP contribution is -2.34. The number of carboxylic acids is 1. The number of anilines is 1. The van der Waals surface area contributed by atoms with Gasteiger partial charge in [-0.15, -0.1) is 11.8 Å². The highest BCUT2D eigenvalue weighted by molar-refractivity contribution is 8.01. The fourth-order valence-corrected chi connectivity index (χ4v) is 4.85. The molecule has 2 amide bonds. The van der Waals surface area contributed by atoms with E-state index >= 15 is 0 Å². The highest BCUT2D eigenvalue weighted by Gasteiger charge is 2.29. The number of fused-ring (bicyclic) bond motifs is 1. The van der Waals surface area contributed by atoms with Gasteiger partial charge >= 0.3 is 5.97 Å². The van der Waals surface area contributed by atoms with Gasteiger partial charge in [0, 0.05) is 29.0 Å². The van der Waals surface area contributed by atoms with Gasteiger partial charge in [0.05, 0.1) is 23.1 Å². The standard InChI is InChI=1S/C25H25N3O4S/c1-2-16-7-9-17(10-8-16)20-13-11-18(12-14-24(30)31)28(20)27-23(29)15-22-25(32)26-19-5-3-4-6-21(19)33-22/h3-11,13,22H,2,12,14-15H2,1H3,(H,26,32)(H,27,29)(H,30,31)/t22-/m0/s1. The number of aryl methyl sites for hydroxylation is 2. The van der Waals surface area contributed by atoms with Crippen LogP contribution in [0.3, 0.4) is 0 Å². The maximum Gasteiger partial charge on any atom is 0.303 e. The largest absolute Gasteiger partial charge is 0.481 e. The molecule has 33 heavy (non-hydrogen) atoms.